The lowest BCUT2D eigenvalue weighted by Gasteiger charge is -2.11. The molecule has 6 rings (SSSR count). The van der Waals surface area contributed by atoms with E-state index in [2.05, 4.69) is 10.1 Å². The third kappa shape index (κ3) is 2.56. The largest absolute Gasteiger partial charge is 0.461 e. The van der Waals surface area contributed by atoms with Gasteiger partial charge in [-0.1, -0.05) is 18.2 Å². The summed E-state index contributed by atoms with van der Waals surface area (Å²) in [5.41, 5.74) is 1.93. The van der Waals surface area contributed by atoms with Gasteiger partial charge in [-0.2, -0.15) is 4.52 Å². The maximum Gasteiger partial charge on any atom is 0.352 e. The van der Waals surface area contributed by atoms with Crippen LogP contribution in [0.25, 0.3) is 27.4 Å². The van der Waals surface area contributed by atoms with Crippen LogP contribution in [0.1, 0.15) is 28.8 Å². The Labute approximate surface area is 174 Å². The second-order valence-electron chi connectivity index (χ2n) is 7.50. The highest BCUT2D eigenvalue weighted by Crippen LogP contribution is 2.38. The first-order valence-electron chi connectivity index (χ1n) is 9.92. The summed E-state index contributed by atoms with van der Waals surface area (Å²) >= 11 is 1.62. The number of nitrogens with zero attached hydrogens (tertiary/aromatic N) is 4. The molecule has 0 saturated carbocycles. The standard InChI is InChI=1S/C22H17FN4O2S/c23-15-8-3-1-6-13(15)12-26-21-18(14-7-2-4-10-17(14)30-21)20-24-19(16-9-5-11-29-16)25-27(20)22(26)28/h1,3,5-6,8-9,11H,2,4,7,10,12H2. The summed E-state index contributed by atoms with van der Waals surface area (Å²) in [4.78, 5) is 20.2. The number of aryl methyl sites for hydroxylation is 2. The third-order valence-electron chi connectivity index (χ3n) is 5.67. The fraction of sp³-hybridized carbons (Fsp3) is 0.227. The van der Waals surface area contributed by atoms with Crippen LogP contribution in [0, 0.1) is 5.82 Å². The Kier molecular flexibility index (Phi) is 3.89. The monoisotopic (exact) mass is 420 g/mol. The van der Waals surface area contributed by atoms with Gasteiger partial charge in [-0.05, 0) is 49.4 Å². The normalized spacial score (nSPS) is 13.9. The SMILES string of the molecule is O=c1n(Cc2ccccc2F)c2sc3c(c2c2nc(-c4ccco4)nn12)CCCC3. The van der Waals surface area contributed by atoms with E-state index in [-0.39, 0.29) is 18.1 Å². The average molecular weight is 420 g/mol. The molecule has 0 unspecified atom stereocenters. The zero-order valence-corrected chi connectivity index (χ0v) is 16.8. The van der Waals surface area contributed by atoms with Gasteiger partial charge in [0.2, 0.25) is 5.82 Å². The van der Waals surface area contributed by atoms with E-state index in [1.807, 2.05) is 0 Å². The zero-order chi connectivity index (χ0) is 20.2. The summed E-state index contributed by atoms with van der Waals surface area (Å²) in [6, 6.07) is 10.1. The maximum atomic E-state index is 14.4. The molecule has 6 nitrogen and oxygen atoms in total. The first-order valence-corrected chi connectivity index (χ1v) is 10.7. The highest BCUT2D eigenvalue weighted by molar-refractivity contribution is 7.19. The van der Waals surface area contributed by atoms with Crippen LogP contribution in [0.4, 0.5) is 4.39 Å². The Morgan fingerprint density at radius 2 is 2.00 bits per heavy atom. The minimum atomic E-state index is -0.329. The number of fused-ring (bicyclic) bond motifs is 5. The molecule has 4 aromatic heterocycles. The van der Waals surface area contributed by atoms with Gasteiger partial charge < -0.3 is 4.42 Å². The smallest absolute Gasteiger partial charge is 0.352 e. The van der Waals surface area contributed by atoms with Crippen molar-refractivity contribution in [3.8, 4) is 11.6 Å². The molecule has 1 aliphatic carbocycles. The number of furan rings is 1. The van der Waals surface area contributed by atoms with Gasteiger partial charge >= 0.3 is 5.69 Å². The van der Waals surface area contributed by atoms with Crippen LogP contribution in [0.5, 0.6) is 0 Å². The molecular weight excluding hydrogens is 403 g/mol. The molecule has 5 aromatic rings. The van der Waals surface area contributed by atoms with Gasteiger partial charge in [-0.3, -0.25) is 4.57 Å². The van der Waals surface area contributed by atoms with Crippen molar-refractivity contribution in [2.45, 2.75) is 32.2 Å². The molecule has 30 heavy (non-hydrogen) atoms. The molecule has 1 aromatic carbocycles. The Hall–Kier alpha value is -3.26. The van der Waals surface area contributed by atoms with E-state index in [1.54, 1.807) is 52.5 Å². The molecule has 0 amide bonds. The van der Waals surface area contributed by atoms with E-state index in [0.717, 1.165) is 35.9 Å². The molecule has 0 spiro atoms. The van der Waals surface area contributed by atoms with Gasteiger partial charge in [0.1, 0.15) is 10.6 Å². The van der Waals surface area contributed by atoms with E-state index >= 15 is 0 Å². The van der Waals surface area contributed by atoms with Gasteiger partial charge in [-0.25, -0.2) is 14.2 Å². The number of hydrogen-bond donors (Lipinski definition) is 0. The molecule has 4 heterocycles. The molecule has 8 heteroatoms. The fourth-order valence-corrected chi connectivity index (χ4v) is 5.60. The molecule has 0 atom stereocenters. The molecule has 1 aliphatic rings. The molecule has 0 radical (unpaired) electrons. The second-order valence-corrected chi connectivity index (χ2v) is 8.58. The summed E-state index contributed by atoms with van der Waals surface area (Å²) in [6.45, 7) is 0.146. The number of aromatic nitrogens is 4. The van der Waals surface area contributed by atoms with Crippen LogP contribution >= 0.6 is 11.3 Å². The number of rotatable bonds is 3. The Balaban J connectivity index is 1.68. The number of hydrogen-bond acceptors (Lipinski definition) is 5. The summed E-state index contributed by atoms with van der Waals surface area (Å²) in [5, 5.41) is 5.40. The predicted octanol–water partition coefficient (Wildman–Crippen LogP) is 4.43. The minimum Gasteiger partial charge on any atom is -0.461 e. The Morgan fingerprint density at radius 3 is 2.83 bits per heavy atom. The van der Waals surface area contributed by atoms with Crippen LogP contribution in [0.2, 0.25) is 0 Å². The predicted molar refractivity (Wildman–Crippen MR) is 112 cm³/mol. The quantitative estimate of drug-likeness (QED) is 0.433. The van der Waals surface area contributed by atoms with Crippen molar-refractivity contribution in [3.05, 3.63) is 75.0 Å². The topological polar surface area (TPSA) is 65.3 Å². The summed E-state index contributed by atoms with van der Waals surface area (Å²) < 4.78 is 22.8. The second kappa shape index (κ2) is 6.63. The van der Waals surface area contributed by atoms with E-state index in [9.17, 15) is 9.18 Å². The lowest BCUT2D eigenvalue weighted by molar-refractivity contribution is 0.576. The first-order chi connectivity index (χ1) is 14.7. The van der Waals surface area contributed by atoms with Crippen molar-refractivity contribution < 1.29 is 8.81 Å². The van der Waals surface area contributed by atoms with Gasteiger partial charge in [-0.15, -0.1) is 16.4 Å². The number of halogens is 1. The highest BCUT2D eigenvalue weighted by atomic mass is 32.1. The van der Waals surface area contributed by atoms with Gasteiger partial charge in [0.15, 0.2) is 11.4 Å². The first kappa shape index (κ1) is 17.6. The lowest BCUT2D eigenvalue weighted by atomic mass is 9.97. The van der Waals surface area contributed by atoms with Crippen molar-refractivity contribution in [3.63, 3.8) is 0 Å². The van der Waals surface area contributed by atoms with Crippen molar-refractivity contribution >= 4 is 27.2 Å². The Morgan fingerprint density at radius 1 is 1.13 bits per heavy atom. The van der Waals surface area contributed by atoms with Crippen molar-refractivity contribution in [1.29, 1.82) is 0 Å². The van der Waals surface area contributed by atoms with Crippen LogP contribution in [0.15, 0.2) is 51.9 Å². The molecule has 0 aliphatic heterocycles. The molecule has 0 bridgehead atoms. The van der Waals surface area contributed by atoms with Crippen LogP contribution in [-0.4, -0.2) is 19.2 Å². The van der Waals surface area contributed by atoms with Crippen LogP contribution < -0.4 is 5.69 Å². The molecule has 0 fully saturated rings. The third-order valence-corrected chi connectivity index (χ3v) is 6.98. The van der Waals surface area contributed by atoms with Gasteiger partial charge in [0.25, 0.3) is 0 Å². The van der Waals surface area contributed by atoms with Crippen molar-refractivity contribution in [2.24, 2.45) is 0 Å². The van der Waals surface area contributed by atoms with Crippen molar-refractivity contribution in [1.82, 2.24) is 19.2 Å². The summed E-state index contributed by atoms with van der Waals surface area (Å²) in [5.74, 6) is 0.558. The van der Waals surface area contributed by atoms with Gasteiger partial charge in [0.05, 0.1) is 18.2 Å². The summed E-state index contributed by atoms with van der Waals surface area (Å²) in [6.07, 6.45) is 5.74. The molecule has 0 N–H and O–H groups in total. The van der Waals surface area contributed by atoms with E-state index in [1.165, 1.54) is 21.0 Å². The highest BCUT2D eigenvalue weighted by Gasteiger charge is 2.25. The maximum absolute atomic E-state index is 14.4. The van der Waals surface area contributed by atoms with E-state index in [4.69, 9.17) is 4.42 Å². The fourth-order valence-electron chi connectivity index (χ4n) is 4.23. The van der Waals surface area contributed by atoms with Crippen LogP contribution in [-0.2, 0) is 19.4 Å². The summed E-state index contributed by atoms with van der Waals surface area (Å²) in [7, 11) is 0. The molecular formula is C22H17FN4O2S. The average Bonchev–Trinajstić information content (AvgIpc) is 3.49. The van der Waals surface area contributed by atoms with E-state index in [0.29, 0.717) is 22.8 Å². The van der Waals surface area contributed by atoms with E-state index < -0.39 is 0 Å². The Bertz CT molecular complexity index is 1460. The molecule has 150 valence electrons. The lowest BCUT2D eigenvalue weighted by Crippen LogP contribution is -2.28. The number of benzene rings is 1. The van der Waals surface area contributed by atoms with Crippen molar-refractivity contribution in [2.75, 3.05) is 0 Å². The minimum absolute atomic E-state index is 0.146. The number of thiophene rings is 1. The molecule has 0 saturated heterocycles. The van der Waals surface area contributed by atoms with Crippen LogP contribution in [0.3, 0.4) is 0 Å². The van der Waals surface area contributed by atoms with Gasteiger partial charge in [0, 0.05) is 10.4 Å². The zero-order valence-electron chi connectivity index (χ0n) is 16.0.